The number of hydrogen-bond acceptors (Lipinski definition) is 2. The molecule has 0 aliphatic carbocycles. The molecular formula is C10H11NO2. The fourth-order valence-corrected chi connectivity index (χ4v) is 1.63. The van der Waals surface area contributed by atoms with Crippen molar-refractivity contribution in [2.45, 2.75) is 18.6 Å². The van der Waals surface area contributed by atoms with Gasteiger partial charge in [0.25, 0.3) is 5.91 Å². The number of hydrogen-bond donors (Lipinski definition) is 1. The van der Waals surface area contributed by atoms with Crippen LogP contribution in [-0.4, -0.2) is 12.0 Å². The number of epoxide rings is 1. The van der Waals surface area contributed by atoms with E-state index in [-0.39, 0.29) is 6.10 Å². The second-order valence-corrected chi connectivity index (χ2v) is 3.23. The minimum atomic E-state index is -0.860. The normalized spacial score (nSPS) is 31.3. The Bertz CT molecular complexity index is 336. The van der Waals surface area contributed by atoms with Crippen LogP contribution in [0, 0.1) is 0 Å². The number of nitrogens with two attached hydrogens (primary N) is 1. The second kappa shape index (κ2) is 2.57. The molecule has 3 nitrogen and oxygen atoms in total. The summed E-state index contributed by atoms with van der Waals surface area (Å²) in [7, 11) is 0. The summed E-state index contributed by atoms with van der Waals surface area (Å²) in [5, 5.41) is 0. The smallest absolute Gasteiger partial charge is 0.257 e. The van der Waals surface area contributed by atoms with Crippen LogP contribution in [0.25, 0.3) is 0 Å². The maximum atomic E-state index is 11.2. The summed E-state index contributed by atoms with van der Waals surface area (Å²) in [5.41, 5.74) is 5.27. The first-order valence-corrected chi connectivity index (χ1v) is 4.21. The summed E-state index contributed by atoms with van der Waals surface area (Å²) in [5.74, 6) is -0.411. The van der Waals surface area contributed by atoms with E-state index < -0.39 is 11.5 Å². The van der Waals surface area contributed by atoms with Gasteiger partial charge < -0.3 is 10.5 Å². The molecule has 0 saturated carbocycles. The first-order chi connectivity index (χ1) is 6.18. The average molecular weight is 177 g/mol. The third-order valence-electron chi connectivity index (χ3n) is 2.45. The standard InChI is InChI=1S/C10H11NO2/c1-7-10(13-7,9(11)12)8-5-3-2-4-6-8/h2-7H,1H3,(H2,11,12). The third-order valence-corrected chi connectivity index (χ3v) is 2.45. The number of rotatable bonds is 2. The zero-order valence-corrected chi connectivity index (χ0v) is 7.36. The van der Waals surface area contributed by atoms with E-state index in [1.165, 1.54) is 0 Å². The van der Waals surface area contributed by atoms with Gasteiger partial charge in [0.1, 0.15) is 0 Å². The van der Waals surface area contributed by atoms with E-state index in [1.54, 1.807) is 0 Å². The molecule has 1 aromatic carbocycles. The largest absolute Gasteiger partial charge is 0.367 e. The van der Waals surface area contributed by atoms with Crippen molar-refractivity contribution in [3.8, 4) is 0 Å². The number of carbonyl (C=O) groups excluding carboxylic acids is 1. The fourth-order valence-electron chi connectivity index (χ4n) is 1.63. The topological polar surface area (TPSA) is 55.6 Å². The van der Waals surface area contributed by atoms with E-state index in [4.69, 9.17) is 10.5 Å². The van der Waals surface area contributed by atoms with E-state index in [2.05, 4.69) is 0 Å². The molecule has 1 aliphatic heterocycles. The molecule has 2 rings (SSSR count). The van der Waals surface area contributed by atoms with Gasteiger partial charge in [0.15, 0.2) is 5.60 Å². The van der Waals surface area contributed by atoms with Crippen molar-refractivity contribution in [2.24, 2.45) is 5.73 Å². The van der Waals surface area contributed by atoms with Crippen molar-refractivity contribution >= 4 is 5.91 Å². The SMILES string of the molecule is CC1OC1(C(N)=O)c1ccccc1. The molecule has 1 aliphatic rings. The molecule has 13 heavy (non-hydrogen) atoms. The maximum Gasteiger partial charge on any atom is 0.257 e. The molecule has 68 valence electrons. The molecule has 0 bridgehead atoms. The Morgan fingerprint density at radius 1 is 1.46 bits per heavy atom. The lowest BCUT2D eigenvalue weighted by molar-refractivity contribution is -0.123. The summed E-state index contributed by atoms with van der Waals surface area (Å²) >= 11 is 0. The van der Waals surface area contributed by atoms with Crippen LogP contribution in [0.4, 0.5) is 0 Å². The Balaban J connectivity index is 2.40. The summed E-state index contributed by atoms with van der Waals surface area (Å²) in [6.45, 7) is 1.84. The predicted molar refractivity (Wildman–Crippen MR) is 47.9 cm³/mol. The molecule has 0 aromatic heterocycles. The first-order valence-electron chi connectivity index (χ1n) is 4.21. The molecule has 0 spiro atoms. The van der Waals surface area contributed by atoms with Gasteiger partial charge in [-0.05, 0) is 12.5 Å². The van der Waals surface area contributed by atoms with Crippen molar-refractivity contribution in [3.63, 3.8) is 0 Å². The average Bonchev–Trinajstić information content (AvgIpc) is 2.80. The summed E-state index contributed by atoms with van der Waals surface area (Å²) < 4.78 is 5.28. The lowest BCUT2D eigenvalue weighted by atomic mass is 9.95. The minimum absolute atomic E-state index is 0.104. The number of primary amides is 1. The van der Waals surface area contributed by atoms with Gasteiger partial charge in [0.05, 0.1) is 6.10 Å². The Morgan fingerprint density at radius 3 is 2.38 bits per heavy atom. The molecule has 0 radical (unpaired) electrons. The fraction of sp³-hybridized carbons (Fsp3) is 0.300. The van der Waals surface area contributed by atoms with Gasteiger partial charge in [-0.3, -0.25) is 4.79 Å². The highest BCUT2D eigenvalue weighted by Gasteiger charge is 2.60. The third kappa shape index (κ3) is 1.04. The van der Waals surface area contributed by atoms with Crippen LogP contribution in [0.3, 0.4) is 0 Å². The van der Waals surface area contributed by atoms with E-state index in [9.17, 15) is 4.79 Å². The van der Waals surface area contributed by atoms with Gasteiger partial charge in [0.2, 0.25) is 0 Å². The summed E-state index contributed by atoms with van der Waals surface area (Å²) in [4.78, 5) is 11.2. The van der Waals surface area contributed by atoms with Crippen molar-refractivity contribution in [1.29, 1.82) is 0 Å². The quantitative estimate of drug-likeness (QED) is 0.679. The molecule has 2 unspecified atom stereocenters. The number of carbonyl (C=O) groups is 1. The van der Waals surface area contributed by atoms with Gasteiger partial charge in [0, 0.05) is 0 Å². The molecule has 1 fully saturated rings. The van der Waals surface area contributed by atoms with Gasteiger partial charge in [-0.25, -0.2) is 0 Å². The van der Waals surface area contributed by atoms with E-state index in [0.29, 0.717) is 0 Å². The van der Waals surface area contributed by atoms with Crippen LogP contribution in [0.1, 0.15) is 12.5 Å². The van der Waals surface area contributed by atoms with E-state index in [0.717, 1.165) is 5.56 Å². The minimum Gasteiger partial charge on any atom is -0.367 e. The number of benzene rings is 1. The summed E-state index contributed by atoms with van der Waals surface area (Å²) in [6, 6.07) is 9.34. The maximum absolute atomic E-state index is 11.2. The van der Waals surface area contributed by atoms with Crippen molar-refractivity contribution in [2.75, 3.05) is 0 Å². The van der Waals surface area contributed by atoms with Crippen LogP contribution in [-0.2, 0) is 15.1 Å². The molecule has 2 N–H and O–H groups in total. The molecule has 3 heteroatoms. The number of ether oxygens (including phenoxy) is 1. The Morgan fingerprint density at radius 2 is 2.00 bits per heavy atom. The second-order valence-electron chi connectivity index (χ2n) is 3.23. The van der Waals surface area contributed by atoms with Gasteiger partial charge >= 0.3 is 0 Å². The van der Waals surface area contributed by atoms with Crippen LogP contribution >= 0.6 is 0 Å². The van der Waals surface area contributed by atoms with Crippen molar-refractivity contribution in [3.05, 3.63) is 35.9 Å². The van der Waals surface area contributed by atoms with Crippen molar-refractivity contribution in [1.82, 2.24) is 0 Å². The zero-order chi connectivity index (χ0) is 9.47. The van der Waals surface area contributed by atoms with Crippen LogP contribution < -0.4 is 5.73 Å². The Labute approximate surface area is 76.5 Å². The van der Waals surface area contributed by atoms with Crippen LogP contribution in [0.5, 0.6) is 0 Å². The highest BCUT2D eigenvalue weighted by Crippen LogP contribution is 2.45. The van der Waals surface area contributed by atoms with Crippen LogP contribution in [0.2, 0.25) is 0 Å². The summed E-state index contributed by atoms with van der Waals surface area (Å²) in [6.07, 6.45) is -0.104. The number of amides is 1. The van der Waals surface area contributed by atoms with Gasteiger partial charge in [-0.15, -0.1) is 0 Å². The molecule has 2 atom stereocenters. The molecule has 1 heterocycles. The molecule has 1 saturated heterocycles. The molecule has 1 aromatic rings. The van der Waals surface area contributed by atoms with Crippen molar-refractivity contribution < 1.29 is 9.53 Å². The molecule has 1 amide bonds. The Hall–Kier alpha value is -1.35. The van der Waals surface area contributed by atoms with E-state index >= 15 is 0 Å². The lowest BCUT2D eigenvalue weighted by Gasteiger charge is -2.07. The first kappa shape index (κ1) is 8.26. The Kier molecular flexibility index (Phi) is 1.63. The van der Waals surface area contributed by atoms with E-state index in [1.807, 2.05) is 37.3 Å². The highest BCUT2D eigenvalue weighted by atomic mass is 16.6. The zero-order valence-electron chi connectivity index (χ0n) is 7.36. The highest BCUT2D eigenvalue weighted by molar-refractivity contribution is 5.88. The monoisotopic (exact) mass is 177 g/mol. The van der Waals surface area contributed by atoms with Gasteiger partial charge in [-0.2, -0.15) is 0 Å². The molecular weight excluding hydrogens is 166 g/mol. The van der Waals surface area contributed by atoms with Gasteiger partial charge in [-0.1, -0.05) is 30.3 Å². The predicted octanol–water partition coefficient (Wildman–Crippen LogP) is 0.786. The lowest BCUT2D eigenvalue weighted by Crippen LogP contribution is -2.31. The van der Waals surface area contributed by atoms with Crippen LogP contribution in [0.15, 0.2) is 30.3 Å².